The highest BCUT2D eigenvalue weighted by atomic mass is 16.6. The second-order valence-corrected chi connectivity index (χ2v) is 5.25. The van der Waals surface area contributed by atoms with Gasteiger partial charge in [-0.2, -0.15) is 0 Å². The van der Waals surface area contributed by atoms with Gasteiger partial charge in [0.15, 0.2) is 0 Å². The third-order valence-electron chi connectivity index (χ3n) is 2.28. The molecule has 0 spiro atoms. The standard InChI is InChI=1S/C11H19NO4/c1-11(2,3)6-7(12)9(13)16-8-4-5-15-10(8)14/h7-8H,4-6,12H2,1-3H3. The average Bonchev–Trinajstić information content (AvgIpc) is 2.49. The lowest BCUT2D eigenvalue weighted by molar-refractivity contribution is -0.161. The lowest BCUT2D eigenvalue weighted by atomic mass is 9.88. The topological polar surface area (TPSA) is 78.6 Å². The summed E-state index contributed by atoms with van der Waals surface area (Å²) >= 11 is 0. The molecule has 1 aliphatic rings. The first-order valence-corrected chi connectivity index (χ1v) is 5.42. The van der Waals surface area contributed by atoms with Crippen LogP contribution >= 0.6 is 0 Å². The van der Waals surface area contributed by atoms with Crippen molar-refractivity contribution in [3.05, 3.63) is 0 Å². The molecule has 1 rings (SSSR count). The Hall–Kier alpha value is -1.10. The molecule has 5 nitrogen and oxygen atoms in total. The number of hydrogen-bond donors (Lipinski definition) is 1. The van der Waals surface area contributed by atoms with Gasteiger partial charge in [-0.3, -0.25) is 4.79 Å². The minimum Gasteiger partial charge on any atom is -0.463 e. The summed E-state index contributed by atoms with van der Waals surface area (Å²) in [6, 6.07) is -0.687. The van der Waals surface area contributed by atoms with Gasteiger partial charge in [-0.1, -0.05) is 20.8 Å². The molecule has 92 valence electrons. The van der Waals surface area contributed by atoms with Crippen molar-refractivity contribution in [1.82, 2.24) is 0 Å². The van der Waals surface area contributed by atoms with Crippen LogP contribution in [0.15, 0.2) is 0 Å². The number of carbonyl (C=O) groups is 2. The van der Waals surface area contributed by atoms with Gasteiger partial charge in [0.25, 0.3) is 0 Å². The molecule has 2 unspecified atom stereocenters. The summed E-state index contributed by atoms with van der Waals surface area (Å²) in [7, 11) is 0. The minimum atomic E-state index is -0.765. The second kappa shape index (κ2) is 4.82. The van der Waals surface area contributed by atoms with E-state index in [1.807, 2.05) is 20.8 Å². The maximum atomic E-state index is 11.6. The molecule has 0 aliphatic carbocycles. The first kappa shape index (κ1) is 13.0. The van der Waals surface area contributed by atoms with Crippen LogP contribution in [0.25, 0.3) is 0 Å². The smallest absolute Gasteiger partial charge is 0.347 e. The summed E-state index contributed by atoms with van der Waals surface area (Å²) in [6.45, 7) is 6.28. The van der Waals surface area contributed by atoms with Crippen molar-refractivity contribution in [2.75, 3.05) is 6.61 Å². The van der Waals surface area contributed by atoms with E-state index in [9.17, 15) is 9.59 Å². The molecule has 1 fully saturated rings. The molecule has 5 heteroatoms. The van der Waals surface area contributed by atoms with E-state index in [4.69, 9.17) is 15.2 Å². The van der Waals surface area contributed by atoms with Gasteiger partial charge in [0.2, 0.25) is 6.10 Å². The summed E-state index contributed by atoms with van der Waals surface area (Å²) in [5.41, 5.74) is 5.65. The van der Waals surface area contributed by atoms with Gasteiger partial charge in [0.05, 0.1) is 6.61 Å². The highest BCUT2D eigenvalue weighted by Gasteiger charge is 2.32. The first-order chi connectivity index (χ1) is 7.29. The quantitative estimate of drug-likeness (QED) is 0.717. The fraction of sp³-hybridized carbons (Fsp3) is 0.818. The molecule has 0 saturated carbocycles. The monoisotopic (exact) mass is 229 g/mol. The van der Waals surface area contributed by atoms with Gasteiger partial charge < -0.3 is 15.2 Å². The Morgan fingerprint density at radius 1 is 1.62 bits per heavy atom. The summed E-state index contributed by atoms with van der Waals surface area (Å²) in [5.74, 6) is -1.00. The Labute approximate surface area is 95.3 Å². The third-order valence-corrected chi connectivity index (χ3v) is 2.28. The van der Waals surface area contributed by atoms with Gasteiger partial charge in [-0.15, -0.1) is 0 Å². The van der Waals surface area contributed by atoms with Crippen molar-refractivity contribution < 1.29 is 19.1 Å². The van der Waals surface area contributed by atoms with Crippen molar-refractivity contribution in [2.24, 2.45) is 11.1 Å². The van der Waals surface area contributed by atoms with Crippen LogP contribution in [0.5, 0.6) is 0 Å². The summed E-state index contributed by atoms with van der Waals surface area (Å²) in [5, 5.41) is 0. The Kier molecular flexibility index (Phi) is 3.91. The van der Waals surface area contributed by atoms with Crippen LogP contribution in [0.3, 0.4) is 0 Å². The highest BCUT2D eigenvalue weighted by molar-refractivity contribution is 5.82. The van der Waals surface area contributed by atoms with Crippen LogP contribution in [0, 0.1) is 5.41 Å². The van der Waals surface area contributed by atoms with Crippen molar-refractivity contribution in [3.63, 3.8) is 0 Å². The second-order valence-electron chi connectivity index (χ2n) is 5.25. The van der Waals surface area contributed by atoms with Crippen LogP contribution in [0.4, 0.5) is 0 Å². The number of ether oxygens (including phenoxy) is 2. The van der Waals surface area contributed by atoms with Crippen LogP contribution in [-0.2, 0) is 19.1 Å². The predicted octanol–water partition coefficient (Wildman–Crippen LogP) is 0.609. The van der Waals surface area contributed by atoms with Crippen molar-refractivity contribution >= 4 is 11.9 Å². The van der Waals surface area contributed by atoms with Crippen molar-refractivity contribution in [3.8, 4) is 0 Å². The van der Waals surface area contributed by atoms with E-state index in [0.717, 1.165) is 0 Å². The summed E-state index contributed by atoms with van der Waals surface area (Å²) < 4.78 is 9.68. The van der Waals surface area contributed by atoms with Crippen molar-refractivity contribution in [1.29, 1.82) is 0 Å². The normalized spacial score (nSPS) is 22.8. The molecule has 0 aromatic heterocycles. The Morgan fingerprint density at radius 3 is 2.69 bits per heavy atom. The number of esters is 2. The van der Waals surface area contributed by atoms with Crippen LogP contribution in [-0.4, -0.2) is 30.7 Å². The summed E-state index contributed by atoms with van der Waals surface area (Å²) in [4.78, 5) is 22.6. The van der Waals surface area contributed by atoms with Crippen LogP contribution in [0.2, 0.25) is 0 Å². The minimum absolute atomic E-state index is 0.0470. The SMILES string of the molecule is CC(C)(C)CC(N)C(=O)OC1CCOC1=O. The molecule has 1 saturated heterocycles. The van der Waals surface area contributed by atoms with Gasteiger partial charge in [-0.05, 0) is 11.8 Å². The number of hydrogen-bond acceptors (Lipinski definition) is 5. The van der Waals surface area contributed by atoms with Gasteiger partial charge in [0, 0.05) is 6.42 Å². The maximum absolute atomic E-state index is 11.6. The fourth-order valence-corrected chi connectivity index (χ4v) is 1.56. The van der Waals surface area contributed by atoms with E-state index in [1.54, 1.807) is 0 Å². The zero-order chi connectivity index (χ0) is 12.3. The van der Waals surface area contributed by atoms with Gasteiger partial charge in [-0.25, -0.2) is 4.79 Å². The molecular weight excluding hydrogens is 210 g/mol. The maximum Gasteiger partial charge on any atom is 0.347 e. The average molecular weight is 229 g/mol. The predicted molar refractivity (Wildman–Crippen MR) is 57.5 cm³/mol. The van der Waals surface area contributed by atoms with E-state index in [2.05, 4.69) is 0 Å². The number of rotatable bonds is 3. The number of carbonyl (C=O) groups excluding carboxylic acids is 2. The Morgan fingerprint density at radius 2 is 2.25 bits per heavy atom. The third kappa shape index (κ3) is 3.81. The van der Waals surface area contributed by atoms with E-state index in [-0.39, 0.29) is 5.41 Å². The lowest BCUT2D eigenvalue weighted by Crippen LogP contribution is -2.38. The summed E-state index contributed by atoms with van der Waals surface area (Å²) in [6.07, 6.45) is 0.180. The Bertz CT molecular complexity index is 282. The lowest BCUT2D eigenvalue weighted by Gasteiger charge is -2.22. The highest BCUT2D eigenvalue weighted by Crippen LogP contribution is 2.21. The molecule has 1 aliphatic heterocycles. The number of nitrogens with two attached hydrogens (primary N) is 1. The van der Waals surface area contributed by atoms with Crippen LogP contribution in [0.1, 0.15) is 33.6 Å². The van der Waals surface area contributed by atoms with Gasteiger partial charge in [0.1, 0.15) is 6.04 Å². The molecule has 0 bridgehead atoms. The number of cyclic esters (lactones) is 1. The molecule has 0 aromatic carbocycles. The van der Waals surface area contributed by atoms with E-state index in [0.29, 0.717) is 19.4 Å². The fourth-order valence-electron chi connectivity index (χ4n) is 1.56. The van der Waals surface area contributed by atoms with Crippen LogP contribution < -0.4 is 5.73 Å². The zero-order valence-corrected chi connectivity index (χ0v) is 9.99. The Balaban J connectivity index is 2.42. The molecule has 2 N–H and O–H groups in total. The molecule has 0 amide bonds. The molecule has 0 aromatic rings. The van der Waals surface area contributed by atoms with E-state index >= 15 is 0 Å². The zero-order valence-electron chi connectivity index (χ0n) is 9.99. The first-order valence-electron chi connectivity index (χ1n) is 5.42. The molecule has 16 heavy (non-hydrogen) atoms. The van der Waals surface area contributed by atoms with Gasteiger partial charge >= 0.3 is 11.9 Å². The van der Waals surface area contributed by atoms with Crippen molar-refractivity contribution in [2.45, 2.75) is 45.8 Å². The molecule has 1 heterocycles. The largest absolute Gasteiger partial charge is 0.463 e. The molecule has 2 atom stereocenters. The molecule has 0 radical (unpaired) electrons. The molecular formula is C11H19NO4. The van der Waals surface area contributed by atoms with E-state index < -0.39 is 24.1 Å². The van der Waals surface area contributed by atoms with E-state index in [1.165, 1.54) is 0 Å².